The van der Waals surface area contributed by atoms with Crippen LogP contribution in [0.2, 0.25) is 5.02 Å². The van der Waals surface area contributed by atoms with E-state index >= 15 is 0 Å². The van der Waals surface area contributed by atoms with Crippen molar-refractivity contribution in [2.24, 2.45) is 11.7 Å². The van der Waals surface area contributed by atoms with E-state index in [-0.39, 0.29) is 36.7 Å². The Balaban J connectivity index is 0.00000400. The zero-order chi connectivity index (χ0) is 15.1. The summed E-state index contributed by atoms with van der Waals surface area (Å²) in [5.74, 6) is -0.580. The highest BCUT2D eigenvalue weighted by Crippen LogP contribution is 2.14. The highest BCUT2D eigenvalue weighted by molar-refractivity contribution is 6.31. The lowest BCUT2D eigenvalue weighted by Crippen LogP contribution is -2.47. The minimum atomic E-state index is -0.605. The summed E-state index contributed by atoms with van der Waals surface area (Å²) < 4.78 is 0. The molecule has 4 N–H and O–H groups in total. The number of carbonyl (C=O) groups is 2. The van der Waals surface area contributed by atoms with E-state index in [1.54, 1.807) is 6.07 Å². The normalized spacial score (nSPS) is 11.5. The summed E-state index contributed by atoms with van der Waals surface area (Å²) in [6.45, 7) is 3.93. The van der Waals surface area contributed by atoms with Crippen molar-refractivity contribution in [3.63, 3.8) is 0 Å². The van der Waals surface area contributed by atoms with Gasteiger partial charge in [-0.3, -0.25) is 9.59 Å². The van der Waals surface area contributed by atoms with Crippen LogP contribution in [-0.2, 0) is 16.1 Å². The summed E-state index contributed by atoms with van der Waals surface area (Å²) in [7, 11) is 0. The molecule has 7 heteroatoms. The second kappa shape index (κ2) is 9.60. The highest BCUT2D eigenvalue weighted by Gasteiger charge is 2.17. The lowest BCUT2D eigenvalue weighted by Gasteiger charge is -2.15. The van der Waals surface area contributed by atoms with Crippen LogP contribution in [0, 0.1) is 5.92 Å². The van der Waals surface area contributed by atoms with E-state index in [1.807, 2.05) is 32.0 Å². The molecule has 0 unspecified atom stereocenters. The Kier molecular flexibility index (Phi) is 9.01. The van der Waals surface area contributed by atoms with E-state index in [4.69, 9.17) is 17.3 Å². The molecule has 0 aliphatic rings. The van der Waals surface area contributed by atoms with Crippen LogP contribution in [0.25, 0.3) is 0 Å². The average Bonchev–Trinajstić information content (AvgIpc) is 2.42. The molecule has 5 nitrogen and oxygen atoms in total. The van der Waals surface area contributed by atoms with Gasteiger partial charge in [-0.05, 0) is 17.5 Å². The number of rotatable bonds is 6. The molecular weight excluding hydrogens is 313 g/mol. The summed E-state index contributed by atoms with van der Waals surface area (Å²) in [4.78, 5) is 23.2. The highest BCUT2D eigenvalue weighted by atomic mass is 35.5. The van der Waals surface area contributed by atoms with Crippen LogP contribution >= 0.6 is 24.0 Å². The first-order valence-corrected chi connectivity index (χ1v) is 6.83. The Morgan fingerprint density at radius 3 is 2.43 bits per heavy atom. The van der Waals surface area contributed by atoms with E-state index in [0.29, 0.717) is 11.6 Å². The van der Waals surface area contributed by atoms with Crippen molar-refractivity contribution in [1.29, 1.82) is 0 Å². The minimum absolute atomic E-state index is 0. The fourth-order valence-corrected chi connectivity index (χ4v) is 1.69. The van der Waals surface area contributed by atoms with Crippen molar-refractivity contribution in [2.75, 3.05) is 6.54 Å². The molecule has 2 amide bonds. The van der Waals surface area contributed by atoms with Gasteiger partial charge >= 0.3 is 0 Å². The molecule has 1 rings (SSSR count). The minimum Gasteiger partial charge on any atom is -0.350 e. The number of nitrogens with two attached hydrogens (primary N) is 1. The Hall–Kier alpha value is -1.30. The first-order chi connectivity index (χ1) is 9.41. The van der Waals surface area contributed by atoms with Gasteiger partial charge in [-0.2, -0.15) is 0 Å². The summed E-state index contributed by atoms with van der Waals surface area (Å²) >= 11 is 5.97. The van der Waals surface area contributed by atoms with E-state index < -0.39 is 6.04 Å². The Labute approximate surface area is 136 Å². The van der Waals surface area contributed by atoms with Crippen molar-refractivity contribution in [1.82, 2.24) is 10.6 Å². The van der Waals surface area contributed by atoms with E-state index in [2.05, 4.69) is 10.6 Å². The van der Waals surface area contributed by atoms with E-state index in [1.165, 1.54) is 0 Å². The van der Waals surface area contributed by atoms with Gasteiger partial charge in [-0.25, -0.2) is 0 Å². The monoisotopic (exact) mass is 333 g/mol. The van der Waals surface area contributed by atoms with Crippen molar-refractivity contribution >= 4 is 35.8 Å². The number of amides is 2. The third-order valence-corrected chi connectivity index (χ3v) is 3.25. The maximum absolute atomic E-state index is 11.6. The molecule has 0 bridgehead atoms. The zero-order valence-electron chi connectivity index (χ0n) is 12.1. The predicted molar refractivity (Wildman–Crippen MR) is 86.4 cm³/mol. The third-order valence-electron chi connectivity index (χ3n) is 2.88. The van der Waals surface area contributed by atoms with Gasteiger partial charge in [0.1, 0.15) is 0 Å². The average molecular weight is 334 g/mol. The summed E-state index contributed by atoms with van der Waals surface area (Å²) in [6, 6.07) is 6.65. The summed E-state index contributed by atoms with van der Waals surface area (Å²) in [5, 5.41) is 5.79. The SMILES string of the molecule is CC(C)[C@H](N)C(=O)NCC(=O)NCc1ccccc1Cl.Cl. The first kappa shape index (κ1) is 19.7. The largest absolute Gasteiger partial charge is 0.350 e. The zero-order valence-corrected chi connectivity index (χ0v) is 13.6. The molecule has 118 valence electrons. The molecule has 1 atom stereocenters. The van der Waals surface area contributed by atoms with Crippen molar-refractivity contribution in [3.05, 3.63) is 34.9 Å². The molecule has 0 saturated carbocycles. The van der Waals surface area contributed by atoms with Crippen LogP contribution in [0.5, 0.6) is 0 Å². The molecule has 21 heavy (non-hydrogen) atoms. The van der Waals surface area contributed by atoms with Crippen LogP contribution in [0.3, 0.4) is 0 Å². The standard InChI is InChI=1S/C14H20ClN3O2.ClH/c1-9(2)13(16)14(20)18-8-12(19)17-7-10-5-3-4-6-11(10)15;/h3-6,9,13H,7-8,16H2,1-2H3,(H,17,19)(H,18,20);1H/t13-;/m0./s1. The van der Waals surface area contributed by atoms with Crippen LogP contribution in [-0.4, -0.2) is 24.4 Å². The fraction of sp³-hybridized carbons (Fsp3) is 0.429. The Morgan fingerprint density at radius 1 is 1.24 bits per heavy atom. The van der Waals surface area contributed by atoms with Gasteiger partial charge in [0.2, 0.25) is 11.8 Å². The number of halogens is 2. The molecule has 0 aliphatic heterocycles. The molecule has 0 radical (unpaired) electrons. The Morgan fingerprint density at radius 2 is 1.86 bits per heavy atom. The number of benzene rings is 1. The number of nitrogens with one attached hydrogen (secondary N) is 2. The smallest absolute Gasteiger partial charge is 0.239 e. The number of hydrogen-bond donors (Lipinski definition) is 3. The molecule has 0 heterocycles. The molecule has 0 aromatic heterocycles. The number of carbonyl (C=O) groups excluding carboxylic acids is 2. The maximum atomic E-state index is 11.6. The van der Waals surface area contributed by atoms with Crippen molar-refractivity contribution in [3.8, 4) is 0 Å². The molecule has 1 aromatic carbocycles. The van der Waals surface area contributed by atoms with Gasteiger partial charge in [0.15, 0.2) is 0 Å². The van der Waals surface area contributed by atoms with Crippen LogP contribution in [0.15, 0.2) is 24.3 Å². The molecule has 0 aliphatic carbocycles. The fourth-order valence-electron chi connectivity index (χ4n) is 1.49. The van der Waals surface area contributed by atoms with Crippen LogP contribution in [0.1, 0.15) is 19.4 Å². The van der Waals surface area contributed by atoms with Crippen LogP contribution < -0.4 is 16.4 Å². The summed E-state index contributed by atoms with van der Waals surface area (Å²) in [6.07, 6.45) is 0. The third kappa shape index (κ3) is 6.80. The second-order valence-corrected chi connectivity index (χ2v) is 5.26. The molecule has 0 spiro atoms. The van der Waals surface area contributed by atoms with E-state index in [0.717, 1.165) is 5.56 Å². The van der Waals surface area contributed by atoms with Gasteiger partial charge in [0.05, 0.1) is 12.6 Å². The van der Waals surface area contributed by atoms with Gasteiger partial charge in [-0.15, -0.1) is 12.4 Å². The quantitative estimate of drug-likeness (QED) is 0.737. The lowest BCUT2D eigenvalue weighted by molar-refractivity contribution is -0.127. The maximum Gasteiger partial charge on any atom is 0.239 e. The number of hydrogen-bond acceptors (Lipinski definition) is 3. The predicted octanol–water partition coefficient (Wildman–Crippen LogP) is 1.48. The van der Waals surface area contributed by atoms with E-state index in [9.17, 15) is 9.59 Å². The van der Waals surface area contributed by atoms with Crippen LogP contribution in [0.4, 0.5) is 0 Å². The molecule has 0 saturated heterocycles. The molecule has 1 aromatic rings. The topological polar surface area (TPSA) is 84.2 Å². The summed E-state index contributed by atoms with van der Waals surface area (Å²) in [5.41, 5.74) is 6.50. The lowest BCUT2D eigenvalue weighted by atomic mass is 10.1. The Bertz CT molecular complexity index is 481. The van der Waals surface area contributed by atoms with Gasteiger partial charge < -0.3 is 16.4 Å². The second-order valence-electron chi connectivity index (χ2n) is 4.86. The van der Waals surface area contributed by atoms with Gasteiger partial charge in [-0.1, -0.05) is 43.6 Å². The van der Waals surface area contributed by atoms with Gasteiger partial charge in [0.25, 0.3) is 0 Å². The van der Waals surface area contributed by atoms with Gasteiger partial charge in [0, 0.05) is 11.6 Å². The molecule has 0 fully saturated rings. The van der Waals surface area contributed by atoms with Crippen molar-refractivity contribution in [2.45, 2.75) is 26.4 Å². The first-order valence-electron chi connectivity index (χ1n) is 6.45. The van der Waals surface area contributed by atoms with Crippen molar-refractivity contribution < 1.29 is 9.59 Å². The molecular formula is C14H21Cl2N3O2.